The maximum absolute atomic E-state index is 12.8. The Hall–Kier alpha value is -1.07. The van der Waals surface area contributed by atoms with E-state index in [4.69, 9.17) is 5.11 Å². The largest absolute Gasteiger partial charge is 0.416 e. The van der Waals surface area contributed by atoms with Crippen LogP contribution in [-0.4, -0.2) is 18.3 Å². The molecule has 0 saturated carbocycles. The van der Waals surface area contributed by atoms with Crippen LogP contribution < -0.4 is 5.32 Å². The molecule has 2 atom stereocenters. The second kappa shape index (κ2) is 4.66. The Balaban J connectivity index is 2.27. The van der Waals surface area contributed by atoms with Gasteiger partial charge in [0.05, 0.1) is 5.56 Å². The number of alkyl halides is 3. The van der Waals surface area contributed by atoms with Gasteiger partial charge in [0.25, 0.3) is 0 Å². The first-order chi connectivity index (χ1) is 8.02. The number of hydrogen-bond donors (Lipinski definition) is 2. The molecule has 1 aromatic carbocycles. The first kappa shape index (κ1) is 12.4. The van der Waals surface area contributed by atoms with Gasteiger partial charge in [-0.1, -0.05) is 18.2 Å². The van der Waals surface area contributed by atoms with Gasteiger partial charge < -0.3 is 10.4 Å². The monoisotopic (exact) mass is 245 g/mol. The second-order valence-corrected chi connectivity index (χ2v) is 4.33. The van der Waals surface area contributed by atoms with Crippen LogP contribution in [-0.2, 0) is 6.18 Å². The highest BCUT2D eigenvalue weighted by molar-refractivity contribution is 5.33. The van der Waals surface area contributed by atoms with E-state index >= 15 is 0 Å². The van der Waals surface area contributed by atoms with Gasteiger partial charge in [0.15, 0.2) is 0 Å². The number of hydrogen-bond acceptors (Lipinski definition) is 2. The van der Waals surface area contributed by atoms with Crippen molar-refractivity contribution < 1.29 is 18.3 Å². The molecule has 94 valence electrons. The van der Waals surface area contributed by atoms with Gasteiger partial charge in [0.1, 0.15) is 0 Å². The summed E-state index contributed by atoms with van der Waals surface area (Å²) >= 11 is 0. The van der Waals surface area contributed by atoms with E-state index in [2.05, 4.69) is 5.32 Å². The molecule has 2 N–H and O–H groups in total. The Morgan fingerprint density at radius 2 is 2.00 bits per heavy atom. The molecule has 1 heterocycles. The Bertz CT molecular complexity index is 392. The normalized spacial score (nSPS) is 25.2. The van der Waals surface area contributed by atoms with Gasteiger partial charge in [0.2, 0.25) is 0 Å². The maximum atomic E-state index is 12.8. The van der Waals surface area contributed by atoms with E-state index in [0.717, 1.165) is 6.07 Å². The van der Waals surface area contributed by atoms with E-state index in [1.807, 2.05) is 0 Å². The molecule has 2 nitrogen and oxygen atoms in total. The van der Waals surface area contributed by atoms with Crippen LogP contribution >= 0.6 is 0 Å². The SMILES string of the molecule is OCC1CNC(c2ccccc2C(F)(F)F)C1. The fourth-order valence-corrected chi connectivity index (χ4v) is 2.24. The summed E-state index contributed by atoms with van der Waals surface area (Å²) < 4.78 is 38.4. The zero-order chi connectivity index (χ0) is 12.5. The van der Waals surface area contributed by atoms with Gasteiger partial charge in [0, 0.05) is 19.2 Å². The summed E-state index contributed by atoms with van der Waals surface area (Å²) in [7, 11) is 0. The van der Waals surface area contributed by atoms with E-state index in [-0.39, 0.29) is 24.1 Å². The molecule has 2 rings (SSSR count). The van der Waals surface area contributed by atoms with Crippen molar-refractivity contribution in [2.45, 2.75) is 18.6 Å². The first-order valence-electron chi connectivity index (χ1n) is 5.52. The molecule has 5 heteroatoms. The highest BCUT2D eigenvalue weighted by Gasteiger charge is 2.36. The van der Waals surface area contributed by atoms with Crippen molar-refractivity contribution in [1.29, 1.82) is 0 Å². The summed E-state index contributed by atoms with van der Waals surface area (Å²) in [5.74, 6) is 0.0429. The summed E-state index contributed by atoms with van der Waals surface area (Å²) in [4.78, 5) is 0. The minimum Gasteiger partial charge on any atom is -0.396 e. The third kappa shape index (κ3) is 2.61. The van der Waals surface area contributed by atoms with Crippen molar-refractivity contribution in [3.05, 3.63) is 35.4 Å². The van der Waals surface area contributed by atoms with E-state index in [0.29, 0.717) is 13.0 Å². The summed E-state index contributed by atoms with van der Waals surface area (Å²) in [5.41, 5.74) is -0.313. The van der Waals surface area contributed by atoms with Crippen LogP contribution in [0.15, 0.2) is 24.3 Å². The molecule has 1 aromatic rings. The summed E-state index contributed by atoms with van der Waals surface area (Å²) in [6, 6.07) is 5.29. The Kier molecular flexibility index (Phi) is 3.40. The highest BCUT2D eigenvalue weighted by atomic mass is 19.4. The number of nitrogens with one attached hydrogen (secondary N) is 1. The third-order valence-corrected chi connectivity index (χ3v) is 3.12. The van der Waals surface area contributed by atoms with Gasteiger partial charge in [-0.15, -0.1) is 0 Å². The molecule has 0 aliphatic carbocycles. The molecule has 0 radical (unpaired) electrons. The quantitative estimate of drug-likeness (QED) is 0.838. The second-order valence-electron chi connectivity index (χ2n) is 4.33. The van der Waals surface area contributed by atoms with Crippen LogP contribution in [0.2, 0.25) is 0 Å². The lowest BCUT2D eigenvalue weighted by molar-refractivity contribution is -0.138. The van der Waals surface area contributed by atoms with Gasteiger partial charge in [-0.3, -0.25) is 0 Å². The van der Waals surface area contributed by atoms with Crippen LogP contribution in [0.25, 0.3) is 0 Å². The van der Waals surface area contributed by atoms with E-state index in [9.17, 15) is 13.2 Å². The molecular weight excluding hydrogens is 231 g/mol. The number of halogens is 3. The van der Waals surface area contributed by atoms with E-state index in [1.165, 1.54) is 12.1 Å². The molecule has 1 aliphatic heterocycles. The number of aliphatic hydroxyl groups is 1. The van der Waals surface area contributed by atoms with Crippen molar-refractivity contribution in [2.75, 3.05) is 13.2 Å². The van der Waals surface area contributed by atoms with Crippen LogP contribution in [0.5, 0.6) is 0 Å². The molecule has 0 aromatic heterocycles. The molecule has 0 amide bonds. The first-order valence-corrected chi connectivity index (χ1v) is 5.52. The van der Waals surface area contributed by atoms with E-state index in [1.54, 1.807) is 6.07 Å². The molecule has 1 saturated heterocycles. The van der Waals surface area contributed by atoms with Crippen molar-refractivity contribution in [3.63, 3.8) is 0 Å². The third-order valence-electron chi connectivity index (χ3n) is 3.12. The van der Waals surface area contributed by atoms with Crippen molar-refractivity contribution in [2.24, 2.45) is 5.92 Å². The van der Waals surface area contributed by atoms with Crippen molar-refractivity contribution in [3.8, 4) is 0 Å². The molecule has 0 spiro atoms. The zero-order valence-corrected chi connectivity index (χ0v) is 9.17. The minimum absolute atomic E-state index is 0.0116. The maximum Gasteiger partial charge on any atom is 0.416 e. The number of aliphatic hydroxyl groups excluding tert-OH is 1. The van der Waals surface area contributed by atoms with Crippen LogP contribution in [0.3, 0.4) is 0 Å². The number of benzene rings is 1. The summed E-state index contributed by atoms with van der Waals surface area (Å²) in [6.07, 6.45) is -3.78. The fraction of sp³-hybridized carbons (Fsp3) is 0.500. The Labute approximate surface area is 97.5 Å². The predicted molar refractivity (Wildman–Crippen MR) is 57.4 cm³/mol. The average Bonchev–Trinajstić information content (AvgIpc) is 2.76. The smallest absolute Gasteiger partial charge is 0.396 e. The van der Waals surface area contributed by atoms with Gasteiger partial charge in [-0.25, -0.2) is 0 Å². The molecule has 2 unspecified atom stereocenters. The number of rotatable bonds is 2. The van der Waals surface area contributed by atoms with Gasteiger partial charge in [-0.2, -0.15) is 13.2 Å². The average molecular weight is 245 g/mol. The lowest BCUT2D eigenvalue weighted by atomic mass is 9.96. The van der Waals surface area contributed by atoms with Crippen molar-refractivity contribution in [1.82, 2.24) is 5.32 Å². The lowest BCUT2D eigenvalue weighted by Crippen LogP contribution is -2.18. The molecule has 0 bridgehead atoms. The Morgan fingerprint density at radius 1 is 1.29 bits per heavy atom. The lowest BCUT2D eigenvalue weighted by Gasteiger charge is -2.17. The van der Waals surface area contributed by atoms with Gasteiger partial charge in [-0.05, 0) is 24.0 Å². The zero-order valence-electron chi connectivity index (χ0n) is 9.17. The van der Waals surface area contributed by atoms with Gasteiger partial charge >= 0.3 is 6.18 Å². The van der Waals surface area contributed by atoms with Crippen molar-refractivity contribution >= 4 is 0 Å². The van der Waals surface area contributed by atoms with Crippen LogP contribution in [0, 0.1) is 5.92 Å². The van der Waals surface area contributed by atoms with Crippen LogP contribution in [0.1, 0.15) is 23.6 Å². The predicted octanol–water partition coefficient (Wildman–Crippen LogP) is 2.35. The molecule has 17 heavy (non-hydrogen) atoms. The summed E-state index contributed by atoms with van der Waals surface area (Å²) in [6.45, 7) is 0.574. The molecule has 1 aliphatic rings. The highest BCUT2D eigenvalue weighted by Crippen LogP contribution is 2.37. The van der Waals surface area contributed by atoms with E-state index < -0.39 is 11.7 Å². The minimum atomic E-state index is -4.32. The molecule has 1 fully saturated rings. The fourth-order valence-electron chi connectivity index (χ4n) is 2.24. The summed E-state index contributed by atoms with van der Waals surface area (Å²) in [5, 5.41) is 12.0. The standard InChI is InChI=1S/C12H14F3NO/c13-12(14,15)10-4-2-1-3-9(10)11-5-8(7-17)6-16-11/h1-4,8,11,16-17H,5-7H2. The van der Waals surface area contributed by atoms with Crippen LogP contribution in [0.4, 0.5) is 13.2 Å². The topological polar surface area (TPSA) is 32.3 Å². The molecular formula is C12H14F3NO. The Morgan fingerprint density at radius 3 is 2.59 bits per heavy atom.